The monoisotopic (exact) mass is 246 g/mol. The van der Waals surface area contributed by atoms with Gasteiger partial charge < -0.3 is 10.6 Å². The van der Waals surface area contributed by atoms with E-state index in [1.54, 1.807) is 0 Å². The SMILES string of the molecule is CCC(=O)NC(C)(C)c1cccc2c1CCCN2. The molecule has 0 fully saturated rings. The molecule has 0 radical (unpaired) electrons. The highest BCUT2D eigenvalue weighted by Crippen LogP contribution is 2.32. The van der Waals surface area contributed by atoms with Crippen molar-refractivity contribution in [2.45, 2.75) is 45.6 Å². The van der Waals surface area contributed by atoms with Crippen LogP contribution in [-0.2, 0) is 16.8 Å². The molecule has 0 bridgehead atoms. The fraction of sp³-hybridized carbons (Fsp3) is 0.533. The molecule has 1 aliphatic heterocycles. The molecule has 2 N–H and O–H groups in total. The number of fused-ring (bicyclic) bond motifs is 1. The Morgan fingerprint density at radius 1 is 1.44 bits per heavy atom. The van der Waals surface area contributed by atoms with Crippen molar-refractivity contribution in [1.29, 1.82) is 0 Å². The summed E-state index contributed by atoms with van der Waals surface area (Å²) < 4.78 is 0. The van der Waals surface area contributed by atoms with Gasteiger partial charge in [0.2, 0.25) is 5.91 Å². The second-order valence-corrected chi connectivity index (χ2v) is 5.39. The quantitative estimate of drug-likeness (QED) is 0.861. The largest absolute Gasteiger partial charge is 0.385 e. The van der Waals surface area contributed by atoms with E-state index < -0.39 is 0 Å². The van der Waals surface area contributed by atoms with Gasteiger partial charge in [-0.25, -0.2) is 0 Å². The molecule has 1 aromatic rings. The Morgan fingerprint density at radius 2 is 2.22 bits per heavy atom. The highest BCUT2D eigenvalue weighted by Gasteiger charge is 2.26. The summed E-state index contributed by atoms with van der Waals surface area (Å²) in [5.74, 6) is 0.0985. The third-order valence-electron chi connectivity index (χ3n) is 3.54. The number of benzene rings is 1. The number of carbonyl (C=O) groups excluding carboxylic acids is 1. The molecule has 18 heavy (non-hydrogen) atoms. The predicted molar refractivity (Wildman–Crippen MR) is 74.7 cm³/mol. The summed E-state index contributed by atoms with van der Waals surface area (Å²) >= 11 is 0. The number of hydrogen-bond acceptors (Lipinski definition) is 2. The van der Waals surface area contributed by atoms with E-state index in [1.807, 2.05) is 6.92 Å². The van der Waals surface area contributed by atoms with Gasteiger partial charge in [-0.15, -0.1) is 0 Å². The molecule has 1 aliphatic rings. The van der Waals surface area contributed by atoms with Crippen LogP contribution in [0.15, 0.2) is 18.2 Å². The predicted octanol–water partition coefficient (Wildman–Crippen LogP) is 2.81. The molecular formula is C15H22N2O. The highest BCUT2D eigenvalue weighted by molar-refractivity contribution is 5.77. The zero-order valence-corrected chi connectivity index (χ0v) is 11.5. The molecule has 0 aromatic heterocycles. The van der Waals surface area contributed by atoms with E-state index in [1.165, 1.54) is 16.8 Å². The van der Waals surface area contributed by atoms with Crippen LogP contribution in [0.2, 0.25) is 0 Å². The second kappa shape index (κ2) is 5.01. The summed E-state index contributed by atoms with van der Waals surface area (Å²) in [5.41, 5.74) is 3.49. The van der Waals surface area contributed by atoms with Crippen LogP contribution in [0.1, 0.15) is 44.7 Å². The molecule has 98 valence electrons. The maximum absolute atomic E-state index is 11.6. The van der Waals surface area contributed by atoms with Gasteiger partial charge in [-0.05, 0) is 43.9 Å². The minimum Gasteiger partial charge on any atom is -0.385 e. The smallest absolute Gasteiger partial charge is 0.220 e. The molecule has 3 heteroatoms. The molecule has 0 spiro atoms. The number of carbonyl (C=O) groups is 1. The second-order valence-electron chi connectivity index (χ2n) is 5.39. The number of rotatable bonds is 3. The topological polar surface area (TPSA) is 41.1 Å². The molecule has 0 unspecified atom stereocenters. The Bertz CT molecular complexity index is 452. The van der Waals surface area contributed by atoms with Gasteiger partial charge in [-0.3, -0.25) is 4.79 Å². The van der Waals surface area contributed by atoms with Crippen LogP contribution in [0.5, 0.6) is 0 Å². The summed E-state index contributed by atoms with van der Waals surface area (Å²) in [5, 5.41) is 6.54. The number of anilines is 1. The van der Waals surface area contributed by atoms with Crippen LogP contribution >= 0.6 is 0 Å². The van der Waals surface area contributed by atoms with Gasteiger partial charge in [-0.1, -0.05) is 19.1 Å². The third-order valence-corrected chi connectivity index (χ3v) is 3.54. The Labute approximate surface area is 109 Å². The van der Waals surface area contributed by atoms with E-state index in [0.29, 0.717) is 6.42 Å². The van der Waals surface area contributed by atoms with Crippen molar-refractivity contribution in [3.8, 4) is 0 Å². The Hall–Kier alpha value is -1.51. The maximum atomic E-state index is 11.6. The van der Waals surface area contributed by atoms with Crippen LogP contribution in [0.4, 0.5) is 5.69 Å². The van der Waals surface area contributed by atoms with Crippen molar-refractivity contribution >= 4 is 11.6 Å². The Morgan fingerprint density at radius 3 is 2.94 bits per heavy atom. The highest BCUT2D eigenvalue weighted by atomic mass is 16.1. The lowest BCUT2D eigenvalue weighted by molar-refractivity contribution is -0.122. The van der Waals surface area contributed by atoms with Gasteiger partial charge in [0.1, 0.15) is 0 Å². The Kier molecular flexibility index (Phi) is 3.60. The summed E-state index contributed by atoms with van der Waals surface area (Å²) in [6, 6.07) is 6.31. The third kappa shape index (κ3) is 2.50. The molecular weight excluding hydrogens is 224 g/mol. The first-order chi connectivity index (χ1) is 8.54. The lowest BCUT2D eigenvalue weighted by atomic mass is 9.86. The fourth-order valence-electron chi connectivity index (χ4n) is 2.60. The van der Waals surface area contributed by atoms with Gasteiger partial charge in [0, 0.05) is 18.7 Å². The van der Waals surface area contributed by atoms with Gasteiger partial charge in [0.15, 0.2) is 0 Å². The van der Waals surface area contributed by atoms with Crippen molar-refractivity contribution in [2.75, 3.05) is 11.9 Å². The molecule has 1 heterocycles. The van der Waals surface area contributed by atoms with Crippen LogP contribution in [-0.4, -0.2) is 12.5 Å². The van der Waals surface area contributed by atoms with E-state index in [0.717, 1.165) is 19.4 Å². The van der Waals surface area contributed by atoms with E-state index in [9.17, 15) is 4.79 Å². The summed E-state index contributed by atoms with van der Waals surface area (Å²) in [7, 11) is 0. The lowest BCUT2D eigenvalue weighted by Gasteiger charge is -2.32. The van der Waals surface area contributed by atoms with E-state index in [2.05, 4.69) is 42.7 Å². The molecule has 1 aromatic carbocycles. The average molecular weight is 246 g/mol. The fourth-order valence-corrected chi connectivity index (χ4v) is 2.60. The normalized spacial score (nSPS) is 14.6. The molecule has 0 aliphatic carbocycles. The van der Waals surface area contributed by atoms with Crippen molar-refractivity contribution in [3.63, 3.8) is 0 Å². The molecule has 0 saturated heterocycles. The number of amides is 1. The van der Waals surface area contributed by atoms with E-state index in [-0.39, 0.29) is 11.4 Å². The van der Waals surface area contributed by atoms with Gasteiger partial charge in [0.25, 0.3) is 0 Å². The van der Waals surface area contributed by atoms with Crippen molar-refractivity contribution in [2.24, 2.45) is 0 Å². The molecule has 0 saturated carbocycles. The van der Waals surface area contributed by atoms with Crippen molar-refractivity contribution in [3.05, 3.63) is 29.3 Å². The van der Waals surface area contributed by atoms with Crippen LogP contribution in [0, 0.1) is 0 Å². The van der Waals surface area contributed by atoms with E-state index in [4.69, 9.17) is 0 Å². The molecule has 2 rings (SSSR count). The van der Waals surface area contributed by atoms with Gasteiger partial charge in [0.05, 0.1) is 5.54 Å². The molecule has 0 atom stereocenters. The van der Waals surface area contributed by atoms with Gasteiger partial charge >= 0.3 is 0 Å². The van der Waals surface area contributed by atoms with Crippen molar-refractivity contribution in [1.82, 2.24) is 5.32 Å². The first-order valence-electron chi connectivity index (χ1n) is 6.72. The number of hydrogen-bond donors (Lipinski definition) is 2. The summed E-state index contributed by atoms with van der Waals surface area (Å²) in [4.78, 5) is 11.6. The summed E-state index contributed by atoms with van der Waals surface area (Å²) in [6.45, 7) is 7.07. The maximum Gasteiger partial charge on any atom is 0.220 e. The first kappa shape index (κ1) is 12.9. The van der Waals surface area contributed by atoms with Crippen molar-refractivity contribution < 1.29 is 4.79 Å². The van der Waals surface area contributed by atoms with Crippen LogP contribution < -0.4 is 10.6 Å². The molecule has 3 nitrogen and oxygen atoms in total. The Balaban J connectivity index is 2.35. The first-order valence-corrected chi connectivity index (χ1v) is 6.72. The summed E-state index contributed by atoms with van der Waals surface area (Å²) in [6.07, 6.45) is 2.77. The lowest BCUT2D eigenvalue weighted by Crippen LogP contribution is -2.41. The minimum atomic E-state index is -0.308. The minimum absolute atomic E-state index is 0.0985. The van der Waals surface area contributed by atoms with Gasteiger partial charge in [-0.2, -0.15) is 0 Å². The van der Waals surface area contributed by atoms with Crippen LogP contribution in [0.25, 0.3) is 0 Å². The zero-order valence-electron chi connectivity index (χ0n) is 11.5. The zero-order chi connectivity index (χ0) is 13.2. The standard InChI is InChI=1S/C15H22N2O/c1-4-14(18)17-15(2,3)12-8-5-9-13-11(12)7-6-10-16-13/h5,8-9,16H,4,6-7,10H2,1-3H3,(H,17,18). The van der Waals surface area contributed by atoms with E-state index >= 15 is 0 Å². The van der Waals surface area contributed by atoms with Crippen LogP contribution in [0.3, 0.4) is 0 Å². The number of nitrogens with one attached hydrogen (secondary N) is 2. The average Bonchev–Trinajstić information content (AvgIpc) is 2.37. The molecule has 1 amide bonds.